The molecule has 2 aromatic rings. The van der Waals surface area contributed by atoms with Crippen molar-refractivity contribution < 1.29 is 0 Å². The van der Waals surface area contributed by atoms with Crippen LogP contribution < -0.4 is 5.73 Å². The van der Waals surface area contributed by atoms with Gasteiger partial charge in [0, 0.05) is 22.4 Å². The number of rotatable bonds is 1. The summed E-state index contributed by atoms with van der Waals surface area (Å²) in [5.74, 6) is 0. The highest BCUT2D eigenvalue weighted by atomic mass is 32.1. The molecule has 0 aliphatic heterocycles. The van der Waals surface area contributed by atoms with Gasteiger partial charge in [-0.1, -0.05) is 66.8 Å². The summed E-state index contributed by atoms with van der Waals surface area (Å²) in [6, 6.07) is 18.1. The van der Waals surface area contributed by atoms with Gasteiger partial charge in [0.2, 0.25) is 0 Å². The zero-order valence-corrected chi connectivity index (χ0v) is 10.00. The minimum absolute atomic E-state index is 0.789. The first kappa shape index (κ1) is 10.2. The first-order valence-electron chi connectivity index (χ1n) is 5.48. The maximum Gasteiger partial charge on any atom is 0.0555 e. The molecule has 0 unspecified atom stereocenters. The molecule has 1 aliphatic carbocycles. The van der Waals surface area contributed by atoms with Crippen molar-refractivity contribution in [1.29, 1.82) is 0 Å². The second kappa shape index (κ2) is 3.82. The van der Waals surface area contributed by atoms with Crippen LogP contribution in [-0.2, 0) is 0 Å². The highest BCUT2D eigenvalue weighted by Crippen LogP contribution is 2.35. The number of thiocarbonyl (C=S) groups is 1. The number of hydrogen-bond acceptors (Lipinski definition) is 2. The van der Waals surface area contributed by atoms with Crippen molar-refractivity contribution in [3.63, 3.8) is 0 Å². The maximum atomic E-state index is 6.21. The largest absolute Gasteiger partial charge is 0.398 e. The van der Waals surface area contributed by atoms with Crippen molar-refractivity contribution >= 4 is 28.4 Å². The van der Waals surface area contributed by atoms with Crippen molar-refractivity contribution in [2.75, 3.05) is 0 Å². The van der Waals surface area contributed by atoms with Crippen molar-refractivity contribution in [3.8, 4) is 0 Å². The van der Waals surface area contributed by atoms with Crippen LogP contribution in [0.4, 0.5) is 0 Å². The zero-order chi connectivity index (χ0) is 11.8. The van der Waals surface area contributed by atoms with Crippen molar-refractivity contribution in [2.45, 2.75) is 0 Å². The lowest BCUT2D eigenvalue weighted by Gasteiger charge is -2.04. The van der Waals surface area contributed by atoms with E-state index in [-0.39, 0.29) is 0 Å². The van der Waals surface area contributed by atoms with Crippen LogP contribution >= 0.6 is 12.2 Å². The van der Waals surface area contributed by atoms with Crippen molar-refractivity contribution in [1.82, 2.24) is 0 Å². The molecule has 0 saturated heterocycles. The lowest BCUT2D eigenvalue weighted by molar-refractivity contribution is 1.53. The van der Waals surface area contributed by atoms with Gasteiger partial charge < -0.3 is 5.73 Å². The van der Waals surface area contributed by atoms with E-state index in [1.54, 1.807) is 0 Å². The Balaban J connectivity index is 2.22. The fourth-order valence-corrected chi connectivity index (χ4v) is 2.60. The summed E-state index contributed by atoms with van der Waals surface area (Å²) < 4.78 is 0. The number of fused-ring (bicyclic) bond motifs is 1. The van der Waals surface area contributed by atoms with E-state index < -0.39 is 0 Å². The summed E-state index contributed by atoms with van der Waals surface area (Å²) >= 11 is 5.52. The minimum atomic E-state index is 0.789. The molecule has 1 aliphatic rings. The standard InChI is InChI=1S/C15H11NS/c16-14-11-8-4-5-9-12(11)15(17)13(14)10-6-2-1-3-7-10/h1-9H,16H2. The predicted octanol–water partition coefficient (Wildman–Crippen LogP) is 3.25. The lowest BCUT2D eigenvalue weighted by Crippen LogP contribution is -1.98. The first-order chi connectivity index (χ1) is 8.29. The molecule has 2 heteroatoms. The van der Waals surface area contributed by atoms with E-state index in [1.807, 2.05) is 54.6 Å². The molecule has 0 heterocycles. The molecular weight excluding hydrogens is 226 g/mol. The van der Waals surface area contributed by atoms with Crippen LogP contribution in [0.2, 0.25) is 0 Å². The Labute approximate surface area is 106 Å². The zero-order valence-electron chi connectivity index (χ0n) is 9.18. The Morgan fingerprint density at radius 3 is 2.00 bits per heavy atom. The average Bonchev–Trinajstić information content (AvgIpc) is 2.64. The Bertz CT molecular complexity index is 626. The molecule has 0 spiro atoms. The van der Waals surface area contributed by atoms with Gasteiger partial charge in [-0.2, -0.15) is 0 Å². The molecule has 3 rings (SSSR count). The third-order valence-electron chi connectivity index (χ3n) is 3.02. The predicted molar refractivity (Wildman–Crippen MR) is 75.6 cm³/mol. The minimum Gasteiger partial charge on any atom is -0.398 e. The molecule has 0 fully saturated rings. The van der Waals surface area contributed by atoms with Gasteiger partial charge in [-0.15, -0.1) is 0 Å². The number of benzene rings is 2. The van der Waals surface area contributed by atoms with Crippen LogP contribution in [0.1, 0.15) is 16.7 Å². The summed E-state index contributed by atoms with van der Waals surface area (Å²) in [5, 5.41) is 0. The molecular formula is C15H11NS. The molecule has 0 saturated carbocycles. The van der Waals surface area contributed by atoms with Gasteiger partial charge >= 0.3 is 0 Å². The van der Waals surface area contributed by atoms with E-state index in [0.717, 1.165) is 32.8 Å². The van der Waals surface area contributed by atoms with Crippen molar-refractivity contribution in [2.24, 2.45) is 5.73 Å². The molecule has 0 aromatic heterocycles. The monoisotopic (exact) mass is 237 g/mol. The summed E-state index contributed by atoms with van der Waals surface area (Å²) in [6.07, 6.45) is 0. The van der Waals surface area contributed by atoms with Crippen molar-refractivity contribution in [3.05, 3.63) is 71.3 Å². The molecule has 82 valence electrons. The van der Waals surface area contributed by atoms with Crippen LogP contribution in [0.5, 0.6) is 0 Å². The van der Waals surface area contributed by atoms with Gasteiger partial charge in [0.25, 0.3) is 0 Å². The highest BCUT2D eigenvalue weighted by molar-refractivity contribution is 7.82. The van der Waals surface area contributed by atoms with E-state index in [1.165, 1.54) is 0 Å². The van der Waals surface area contributed by atoms with Crippen LogP contribution in [0, 0.1) is 0 Å². The second-order valence-electron chi connectivity index (χ2n) is 4.03. The van der Waals surface area contributed by atoms with Gasteiger partial charge in [-0.25, -0.2) is 0 Å². The third-order valence-corrected chi connectivity index (χ3v) is 3.44. The molecule has 0 amide bonds. The van der Waals surface area contributed by atoms with E-state index in [9.17, 15) is 0 Å². The van der Waals surface area contributed by atoms with Crippen LogP contribution in [0.3, 0.4) is 0 Å². The third kappa shape index (κ3) is 1.49. The summed E-state index contributed by atoms with van der Waals surface area (Å²) in [6.45, 7) is 0. The topological polar surface area (TPSA) is 26.0 Å². The normalized spacial score (nSPS) is 14.0. The van der Waals surface area contributed by atoms with Gasteiger partial charge in [0.05, 0.1) is 4.86 Å². The van der Waals surface area contributed by atoms with E-state index in [2.05, 4.69) is 0 Å². The Morgan fingerprint density at radius 1 is 0.765 bits per heavy atom. The average molecular weight is 237 g/mol. The Kier molecular flexibility index (Phi) is 2.30. The van der Waals surface area contributed by atoms with E-state index >= 15 is 0 Å². The molecule has 0 atom stereocenters. The molecule has 2 N–H and O–H groups in total. The SMILES string of the molecule is NC1=C(c2ccccc2)C(=S)c2ccccc21. The fraction of sp³-hybridized carbons (Fsp3) is 0. The quantitative estimate of drug-likeness (QED) is 0.770. The van der Waals surface area contributed by atoms with Gasteiger partial charge in [-0.05, 0) is 5.56 Å². The molecule has 2 aromatic carbocycles. The van der Waals surface area contributed by atoms with Gasteiger partial charge in [0.15, 0.2) is 0 Å². The number of nitrogens with two attached hydrogens (primary N) is 1. The number of allylic oxidation sites excluding steroid dienone is 1. The summed E-state index contributed by atoms with van der Waals surface area (Å²) in [5.41, 5.74) is 11.2. The van der Waals surface area contributed by atoms with E-state index in [4.69, 9.17) is 18.0 Å². The summed E-state index contributed by atoms with van der Waals surface area (Å²) in [7, 11) is 0. The molecule has 0 radical (unpaired) electrons. The lowest BCUT2D eigenvalue weighted by atomic mass is 10.0. The van der Waals surface area contributed by atoms with Crippen LogP contribution in [-0.4, -0.2) is 4.86 Å². The Hall–Kier alpha value is -1.93. The smallest absolute Gasteiger partial charge is 0.0555 e. The Morgan fingerprint density at radius 2 is 1.35 bits per heavy atom. The van der Waals surface area contributed by atoms with Crippen LogP contribution in [0.15, 0.2) is 54.6 Å². The van der Waals surface area contributed by atoms with E-state index in [0.29, 0.717) is 0 Å². The van der Waals surface area contributed by atoms with Gasteiger partial charge in [-0.3, -0.25) is 0 Å². The number of hydrogen-bond donors (Lipinski definition) is 1. The van der Waals surface area contributed by atoms with Gasteiger partial charge in [0.1, 0.15) is 0 Å². The fourth-order valence-electron chi connectivity index (χ4n) is 2.20. The second-order valence-corrected chi connectivity index (χ2v) is 4.44. The summed E-state index contributed by atoms with van der Waals surface area (Å²) in [4.78, 5) is 0.851. The molecule has 1 nitrogen and oxygen atoms in total. The maximum absolute atomic E-state index is 6.21. The first-order valence-corrected chi connectivity index (χ1v) is 5.89. The van der Waals surface area contributed by atoms with Crippen LogP contribution in [0.25, 0.3) is 11.3 Å². The molecule has 0 bridgehead atoms. The molecule has 17 heavy (non-hydrogen) atoms. The highest BCUT2D eigenvalue weighted by Gasteiger charge is 2.24.